The molecule has 0 rings (SSSR count). The number of hydrogen-bond donors (Lipinski definition) is 0. The Labute approximate surface area is 71.6 Å². The Morgan fingerprint density at radius 3 is 1.20 bits per heavy atom. The lowest BCUT2D eigenvalue weighted by molar-refractivity contribution is 2.51. The van der Waals surface area contributed by atoms with Gasteiger partial charge < -0.3 is 0 Å². The molecular weight excluding hydrogens is 424 g/mol. The van der Waals surface area contributed by atoms with Crippen molar-refractivity contribution in [1.82, 2.24) is 0 Å². The molecule has 0 atom stereocenters. The van der Waals surface area contributed by atoms with E-state index in [-0.39, 0.29) is 0 Å². The molecule has 0 unspecified atom stereocenters. The predicted molar refractivity (Wildman–Crippen MR) is 54.9 cm³/mol. The second kappa shape index (κ2) is 2.81. The van der Waals surface area contributed by atoms with Gasteiger partial charge in [-0.25, -0.2) is 0 Å². The summed E-state index contributed by atoms with van der Waals surface area (Å²) in [5.41, 5.74) is 0. The van der Waals surface area contributed by atoms with Gasteiger partial charge in [-0.15, -0.1) is 0 Å². The van der Waals surface area contributed by atoms with E-state index in [1.807, 2.05) is 0 Å². The maximum Gasteiger partial charge on any atom is 0.193 e. The highest BCUT2D eigenvalue weighted by molar-refractivity contribution is 14.4. The van der Waals surface area contributed by atoms with Crippen molar-refractivity contribution in [3.8, 4) is 0 Å². The fourth-order valence-electron chi connectivity index (χ4n) is 0. The Morgan fingerprint density at radius 1 is 1.20 bits per heavy atom. The van der Waals surface area contributed by atoms with Crippen LogP contribution in [0.1, 0.15) is 0 Å². The molecule has 0 aromatic rings. The van der Waals surface area contributed by atoms with Crippen LogP contribution in [0, 0.1) is 0 Å². The highest BCUT2D eigenvalue weighted by Gasteiger charge is 2.17. The normalized spacial score (nSPS) is 12.0. The molecule has 0 radical (unpaired) electrons. The summed E-state index contributed by atoms with van der Waals surface area (Å²) in [6, 6.07) is 0. The van der Waals surface area contributed by atoms with Gasteiger partial charge in [-0.3, -0.25) is 0 Å². The summed E-state index contributed by atoms with van der Waals surface area (Å²) < 4.78 is -0.479. The molecule has 4 heteroatoms. The first kappa shape index (κ1) is 7.62. The van der Waals surface area contributed by atoms with Crippen LogP contribution in [-0.4, -0.2) is 6.66 Å². The van der Waals surface area contributed by atoms with E-state index in [1.165, 1.54) is 0 Å². The third-order valence-electron chi connectivity index (χ3n) is 0. The van der Waals surface area contributed by atoms with E-state index in [0.717, 1.165) is 0 Å². The zero-order chi connectivity index (χ0) is 4.50. The van der Waals surface area contributed by atoms with Crippen LogP contribution in [0.2, 0.25) is 0 Å². The van der Waals surface area contributed by atoms with Crippen LogP contribution < -0.4 is 0 Å². The molecule has 0 aliphatic rings. The third kappa shape index (κ3) is 20.6. The largest absolute Gasteiger partial charge is 0.193 e. The smallest absolute Gasteiger partial charge is 0.0735 e. The van der Waals surface area contributed by atoms with Gasteiger partial charge in [-0.1, -0.05) is 0 Å². The summed E-state index contributed by atoms with van der Waals surface area (Å²) in [6.45, 7) is 2.26. The van der Waals surface area contributed by atoms with Crippen molar-refractivity contribution in [2.45, 2.75) is 0 Å². The molecule has 0 nitrogen and oxygen atoms in total. The summed E-state index contributed by atoms with van der Waals surface area (Å²) in [7, 11) is 0. The monoisotopic (exact) mass is 427 g/mol. The van der Waals surface area contributed by atoms with Crippen molar-refractivity contribution >= 4 is 66.3 Å². The Hall–Kier alpha value is 2.62. The first-order chi connectivity index (χ1) is 2.00. The first-order valence-electron chi connectivity index (χ1n) is 0.954. The molecule has 0 saturated heterocycles. The molecule has 0 fully saturated rings. The second-order valence-electron chi connectivity index (χ2n) is 0.699. The minimum atomic E-state index is -0.479. The van der Waals surface area contributed by atoms with Gasteiger partial charge in [-0.2, -0.15) is 0 Å². The molecule has 0 saturated carbocycles. The average molecular weight is 427 g/mol. The summed E-state index contributed by atoms with van der Waals surface area (Å²) >= 11 is 7.39. The molecule has 0 aliphatic carbocycles. The van der Waals surface area contributed by atoms with E-state index in [1.54, 1.807) is 0 Å². The Balaban J connectivity index is 3.02. The summed E-state index contributed by atoms with van der Waals surface area (Å²) in [5.74, 6) is 0. The van der Waals surface area contributed by atoms with Gasteiger partial charge in [-0.05, 0) is 0 Å². The molecule has 0 amide bonds. The zero-order valence-corrected chi connectivity index (χ0v) is 9.95. The van der Waals surface area contributed by atoms with Gasteiger partial charge in [0, 0.05) is 0 Å². The van der Waals surface area contributed by atoms with Gasteiger partial charge in [0.05, 0.1) is 6.66 Å². The van der Waals surface area contributed by atoms with E-state index in [4.69, 9.17) is 0 Å². The molecule has 32 valence electrons. The number of halogens is 3. The highest BCUT2D eigenvalue weighted by Crippen LogP contribution is 2.78. The topological polar surface area (TPSA) is 0 Å². The van der Waals surface area contributed by atoms with Crippen molar-refractivity contribution in [1.29, 1.82) is 0 Å². The molecule has 0 aromatic carbocycles. The van der Waals surface area contributed by atoms with E-state index >= 15 is 0 Å². The van der Waals surface area contributed by atoms with E-state index in [2.05, 4.69) is 72.8 Å². The maximum atomic E-state index is 2.46. The molecule has 0 aliphatic heterocycles. The van der Waals surface area contributed by atoms with Crippen molar-refractivity contribution in [2.75, 3.05) is 6.66 Å². The molecule has 0 heterocycles. The van der Waals surface area contributed by atoms with E-state index in [0.29, 0.717) is 0 Å². The van der Waals surface area contributed by atoms with Crippen molar-refractivity contribution in [3.05, 3.63) is 0 Å². The standard InChI is InChI=1S/CH3I3P/c1-5(2,3)4/h1H3/q+1. The van der Waals surface area contributed by atoms with Gasteiger partial charge in [0.2, 0.25) is 0 Å². The highest BCUT2D eigenvalue weighted by atomic mass is 127. The average Bonchev–Trinajstić information content (AvgIpc) is 0.722. The van der Waals surface area contributed by atoms with E-state index < -0.39 is 0.190 Å². The molecule has 0 N–H and O–H groups in total. The Kier molecular flexibility index (Phi) is 4.29. The molecule has 0 bridgehead atoms. The summed E-state index contributed by atoms with van der Waals surface area (Å²) in [6.07, 6.45) is 0. The van der Waals surface area contributed by atoms with Crippen LogP contribution in [0.15, 0.2) is 0 Å². The number of rotatable bonds is 0. The molecule has 0 aromatic heterocycles. The van der Waals surface area contributed by atoms with Crippen LogP contribution in [0.4, 0.5) is 0 Å². The van der Waals surface area contributed by atoms with Crippen molar-refractivity contribution in [2.24, 2.45) is 0 Å². The van der Waals surface area contributed by atoms with E-state index in [9.17, 15) is 0 Å². The minimum absolute atomic E-state index is 0.479. The van der Waals surface area contributed by atoms with Gasteiger partial charge >= 0.3 is 0 Å². The zero-order valence-electron chi connectivity index (χ0n) is 2.58. The SMILES string of the molecule is C[P+](I)(I)I. The van der Waals surface area contributed by atoms with Crippen LogP contribution in [0.25, 0.3) is 0 Å². The fraction of sp³-hybridized carbons (Fsp3) is 1.00. The lowest BCUT2D eigenvalue weighted by atomic mass is 12.0. The minimum Gasteiger partial charge on any atom is 0.0735 e. The predicted octanol–water partition coefficient (Wildman–Crippen LogP) is 3.68. The van der Waals surface area contributed by atoms with Crippen molar-refractivity contribution < 1.29 is 0 Å². The van der Waals surface area contributed by atoms with Gasteiger partial charge in [0.25, 0.3) is 0 Å². The second-order valence-corrected chi connectivity index (χ2v) is 36.1. The molecule has 5 heavy (non-hydrogen) atoms. The molecular formula is CH3I3P+. The third-order valence-corrected chi connectivity index (χ3v) is 0. The maximum absolute atomic E-state index is 2.46. The van der Waals surface area contributed by atoms with Gasteiger partial charge in [0.1, 0.15) is 0 Å². The lowest BCUT2D eigenvalue weighted by Gasteiger charge is -1.83. The van der Waals surface area contributed by atoms with Crippen LogP contribution in [0.3, 0.4) is 0 Å². The van der Waals surface area contributed by atoms with Crippen LogP contribution in [-0.2, 0) is 0 Å². The summed E-state index contributed by atoms with van der Waals surface area (Å²) in [4.78, 5) is 0. The van der Waals surface area contributed by atoms with Crippen LogP contribution >= 0.6 is 66.3 Å². The molecule has 0 spiro atoms. The number of hydrogen-bond acceptors (Lipinski definition) is 0. The quantitative estimate of drug-likeness (QED) is 0.409. The Morgan fingerprint density at radius 2 is 1.20 bits per heavy atom. The lowest BCUT2D eigenvalue weighted by Crippen LogP contribution is -1.35. The van der Waals surface area contributed by atoms with Gasteiger partial charge in [0.15, 0.2) is 66.3 Å². The first-order valence-corrected chi connectivity index (χ1v) is 11.5. The summed E-state index contributed by atoms with van der Waals surface area (Å²) in [5, 5.41) is 0. The van der Waals surface area contributed by atoms with Crippen LogP contribution in [0.5, 0.6) is 0 Å². The van der Waals surface area contributed by atoms with Crippen molar-refractivity contribution in [3.63, 3.8) is 0 Å². The Bertz CT molecular complexity index is 22.4. The fourth-order valence-corrected chi connectivity index (χ4v) is 0.